The molecule has 0 saturated carbocycles. The molecule has 5 nitrogen and oxygen atoms in total. The maximum Gasteiger partial charge on any atom is 0.255 e. The minimum atomic E-state index is -0.182. The highest BCUT2D eigenvalue weighted by molar-refractivity contribution is 6.06. The fourth-order valence-corrected chi connectivity index (χ4v) is 3.51. The average molecular weight is 394 g/mol. The van der Waals surface area contributed by atoms with E-state index in [1.807, 2.05) is 30.3 Å². The Morgan fingerprint density at radius 2 is 1.72 bits per heavy atom. The monoisotopic (exact) mass is 393 g/mol. The van der Waals surface area contributed by atoms with Crippen LogP contribution in [-0.4, -0.2) is 31.4 Å². The lowest BCUT2D eigenvalue weighted by molar-refractivity contribution is 0.0948. The first-order valence-electron chi connectivity index (χ1n) is 10.5. The van der Waals surface area contributed by atoms with Gasteiger partial charge >= 0.3 is 0 Å². The number of rotatable bonds is 6. The summed E-state index contributed by atoms with van der Waals surface area (Å²) < 4.78 is 0. The van der Waals surface area contributed by atoms with Crippen LogP contribution in [-0.2, 0) is 0 Å². The molecule has 1 aliphatic rings. The predicted molar refractivity (Wildman–Crippen MR) is 119 cm³/mol. The van der Waals surface area contributed by atoms with E-state index in [0.717, 1.165) is 31.6 Å². The molecule has 0 atom stereocenters. The number of benzene rings is 2. The molecule has 29 heavy (non-hydrogen) atoms. The minimum absolute atomic E-state index is 0.0943. The molecule has 0 unspecified atom stereocenters. The smallest absolute Gasteiger partial charge is 0.255 e. The number of amides is 2. The number of carbonyl (C=O) groups is 2. The Hall–Kier alpha value is -2.82. The van der Waals surface area contributed by atoms with Gasteiger partial charge in [-0.15, -0.1) is 0 Å². The average Bonchev–Trinajstić information content (AvgIpc) is 2.73. The second-order valence-electron chi connectivity index (χ2n) is 8.33. The van der Waals surface area contributed by atoms with E-state index >= 15 is 0 Å². The lowest BCUT2D eigenvalue weighted by atomic mass is 9.97. The van der Waals surface area contributed by atoms with Gasteiger partial charge in [-0.05, 0) is 55.0 Å². The summed E-state index contributed by atoms with van der Waals surface area (Å²) in [5.74, 6) is 0.815. The molecule has 1 saturated heterocycles. The van der Waals surface area contributed by atoms with Gasteiger partial charge in [-0.2, -0.15) is 0 Å². The number of nitrogens with zero attached hydrogens (tertiary/aromatic N) is 1. The van der Waals surface area contributed by atoms with Crippen molar-refractivity contribution in [2.24, 2.45) is 11.8 Å². The van der Waals surface area contributed by atoms with Crippen molar-refractivity contribution < 1.29 is 9.59 Å². The summed E-state index contributed by atoms with van der Waals surface area (Å²) in [5.41, 5.74) is 2.78. The fourth-order valence-electron chi connectivity index (χ4n) is 3.51. The molecule has 0 aromatic heterocycles. The van der Waals surface area contributed by atoms with E-state index in [9.17, 15) is 9.59 Å². The number of hydrogen-bond acceptors (Lipinski definition) is 3. The number of carbonyl (C=O) groups excluding carboxylic acids is 2. The molecule has 3 rings (SSSR count). The number of anilines is 2. The highest BCUT2D eigenvalue weighted by Crippen LogP contribution is 2.29. The molecule has 5 heteroatoms. The zero-order valence-corrected chi connectivity index (χ0v) is 17.6. The van der Waals surface area contributed by atoms with E-state index in [1.54, 1.807) is 18.2 Å². The highest BCUT2D eigenvalue weighted by Gasteiger charge is 2.22. The third-order valence-electron chi connectivity index (χ3n) is 5.33. The Labute approximate surface area is 173 Å². The summed E-state index contributed by atoms with van der Waals surface area (Å²) in [4.78, 5) is 27.7. The quantitative estimate of drug-likeness (QED) is 0.756. The maximum atomic E-state index is 12.9. The zero-order valence-electron chi connectivity index (χ0n) is 17.6. The van der Waals surface area contributed by atoms with Gasteiger partial charge in [0.25, 0.3) is 11.8 Å². The molecule has 1 fully saturated rings. The number of piperidine rings is 1. The largest absolute Gasteiger partial charge is 0.371 e. The van der Waals surface area contributed by atoms with Crippen molar-refractivity contribution in [1.29, 1.82) is 0 Å². The topological polar surface area (TPSA) is 61.4 Å². The van der Waals surface area contributed by atoms with E-state index < -0.39 is 0 Å². The van der Waals surface area contributed by atoms with Crippen LogP contribution in [0.1, 0.15) is 54.3 Å². The molecule has 2 aromatic rings. The number of nitrogens with one attached hydrogen (secondary N) is 2. The normalized spacial score (nSPS) is 14.7. The van der Waals surface area contributed by atoms with Crippen LogP contribution in [0.25, 0.3) is 0 Å². The summed E-state index contributed by atoms with van der Waals surface area (Å²) in [6.07, 6.45) is 2.25. The fraction of sp³-hybridized carbons (Fsp3) is 0.417. The Kier molecular flexibility index (Phi) is 6.91. The number of hydrogen-bond donors (Lipinski definition) is 2. The van der Waals surface area contributed by atoms with Crippen LogP contribution < -0.4 is 15.5 Å². The van der Waals surface area contributed by atoms with Gasteiger partial charge in [0.1, 0.15) is 0 Å². The van der Waals surface area contributed by atoms with Crippen molar-refractivity contribution in [3.05, 3.63) is 59.7 Å². The van der Waals surface area contributed by atoms with E-state index in [-0.39, 0.29) is 11.8 Å². The summed E-state index contributed by atoms with van der Waals surface area (Å²) in [5, 5.41) is 5.94. The third-order valence-corrected chi connectivity index (χ3v) is 5.33. The first kappa shape index (κ1) is 20.9. The van der Waals surface area contributed by atoms with Crippen molar-refractivity contribution in [3.8, 4) is 0 Å². The maximum absolute atomic E-state index is 12.9. The van der Waals surface area contributed by atoms with Crippen molar-refractivity contribution in [1.82, 2.24) is 5.32 Å². The van der Waals surface area contributed by atoms with Gasteiger partial charge in [0, 0.05) is 36.6 Å². The summed E-state index contributed by atoms with van der Waals surface area (Å²) in [6.45, 7) is 8.93. The molecule has 0 spiro atoms. The Bertz CT molecular complexity index is 840. The first-order valence-corrected chi connectivity index (χ1v) is 10.5. The van der Waals surface area contributed by atoms with E-state index in [4.69, 9.17) is 0 Å². The molecule has 0 radical (unpaired) electrons. The van der Waals surface area contributed by atoms with Gasteiger partial charge < -0.3 is 15.5 Å². The summed E-state index contributed by atoms with van der Waals surface area (Å²) in [6, 6.07) is 14.7. The molecular formula is C24H31N3O2. The van der Waals surface area contributed by atoms with Crippen molar-refractivity contribution in [2.75, 3.05) is 29.9 Å². The third kappa shape index (κ3) is 5.59. The van der Waals surface area contributed by atoms with Crippen LogP contribution in [0.5, 0.6) is 0 Å². The highest BCUT2D eigenvalue weighted by atomic mass is 16.2. The van der Waals surface area contributed by atoms with Crippen LogP contribution in [0.15, 0.2) is 48.5 Å². The zero-order chi connectivity index (χ0) is 20.8. The Morgan fingerprint density at radius 3 is 2.38 bits per heavy atom. The minimum Gasteiger partial charge on any atom is -0.371 e. The second-order valence-corrected chi connectivity index (χ2v) is 8.33. The van der Waals surface area contributed by atoms with Gasteiger partial charge in [-0.1, -0.05) is 39.0 Å². The van der Waals surface area contributed by atoms with Gasteiger partial charge in [0.05, 0.1) is 5.56 Å². The van der Waals surface area contributed by atoms with E-state index in [1.165, 1.54) is 0 Å². The first-order chi connectivity index (χ1) is 13.9. The summed E-state index contributed by atoms with van der Waals surface area (Å²) in [7, 11) is 0. The van der Waals surface area contributed by atoms with Crippen LogP contribution in [0.2, 0.25) is 0 Å². The Balaban J connectivity index is 1.84. The van der Waals surface area contributed by atoms with Crippen LogP contribution in [0.3, 0.4) is 0 Å². The van der Waals surface area contributed by atoms with Gasteiger partial charge in [-0.3, -0.25) is 9.59 Å². The molecule has 2 amide bonds. The van der Waals surface area contributed by atoms with Gasteiger partial charge in [-0.25, -0.2) is 0 Å². The van der Waals surface area contributed by atoms with Crippen LogP contribution in [0, 0.1) is 11.8 Å². The van der Waals surface area contributed by atoms with Crippen LogP contribution >= 0.6 is 0 Å². The molecule has 2 N–H and O–H groups in total. The lowest BCUT2D eigenvalue weighted by Crippen LogP contribution is -2.35. The van der Waals surface area contributed by atoms with Gasteiger partial charge in [0.15, 0.2) is 0 Å². The molecule has 1 aliphatic heterocycles. The van der Waals surface area contributed by atoms with E-state index in [2.05, 4.69) is 36.3 Å². The van der Waals surface area contributed by atoms with E-state index in [0.29, 0.717) is 35.2 Å². The van der Waals surface area contributed by atoms with Crippen LogP contribution in [0.4, 0.5) is 11.4 Å². The van der Waals surface area contributed by atoms with Gasteiger partial charge in [0.2, 0.25) is 0 Å². The molecule has 2 aromatic carbocycles. The standard InChI is InChI=1S/C24H31N3O2/c1-17(2)16-25-24(29)21-15-20(26-23(28)19-7-5-4-6-8-19)9-10-22(21)27-13-11-18(3)12-14-27/h4-10,15,17-18H,11-14,16H2,1-3H3,(H,25,29)(H,26,28). The van der Waals surface area contributed by atoms with Crippen molar-refractivity contribution in [3.63, 3.8) is 0 Å². The molecule has 0 bridgehead atoms. The SMILES string of the molecule is CC(C)CNC(=O)c1cc(NC(=O)c2ccccc2)ccc1N1CCC(C)CC1. The lowest BCUT2D eigenvalue weighted by Gasteiger charge is -2.33. The molecule has 154 valence electrons. The van der Waals surface area contributed by atoms with Crippen molar-refractivity contribution >= 4 is 23.2 Å². The summed E-state index contributed by atoms with van der Waals surface area (Å²) >= 11 is 0. The van der Waals surface area contributed by atoms with Crippen molar-refractivity contribution in [2.45, 2.75) is 33.6 Å². The molecular weight excluding hydrogens is 362 g/mol. The molecule has 0 aliphatic carbocycles. The molecule has 1 heterocycles. The predicted octanol–water partition coefficient (Wildman–Crippen LogP) is 4.56. The second kappa shape index (κ2) is 9.59. The Morgan fingerprint density at radius 1 is 1.03 bits per heavy atom.